The number of nitrogens with zero attached hydrogens (tertiary/aromatic N) is 1. The quantitative estimate of drug-likeness (QED) is 0.579. The first-order valence-corrected chi connectivity index (χ1v) is 9.05. The van der Waals surface area contributed by atoms with Gasteiger partial charge >= 0.3 is 12.0 Å². The van der Waals surface area contributed by atoms with Crippen LogP contribution >= 0.6 is 15.9 Å². The van der Waals surface area contributed by atoms with Crippen molar-refractivity contribution in [3.05, 3.63) is 45.6 Å². The second-order valence-electron chi connectivity index (χ2n) is 6.13. The Morgan fingerprint density at radius 1 is 1.32 bits per heavy atom. The molecule has 6 nitrogen and oxygen atoms in total. The number of urea groups is 1. The van der Waals surface area contributed by atoms with Gasteiger partial charge in [0.15, 0.2) is 0 Å². The number of ether oxygens (including phenoxy) is 2. The van der Waals surface area contributed by atoms with E-state index in [4.69, 9.17) is 9.47 Å². The molecule has 25 heavy (non-hydrogen) atoms. The summed E-state index contributed by atoms with van der Waals surface area (Å²) >= 11 is 3.51. The van der Waals surface area contributed by atoms with Crippen LogP contribution in [-0.2, 0) is 14.3 Å². The first-order chi connectivity index (χ1) is 12.0. The minimum atomic E-state index is -0.548. The summed E-state index contributed by atoms with van der Waals surface area (Å²) in [5.41, 5.74) is 1.95. The topological polar surface area (TPSA) is 67.9 Å². The number of rotatable bonds is 6. The van der Waals surface area contributed by atoms with E-state index in [1.807, 2.05) is 31.2 Å². The Morgan fingerprint density at radius 3 is 2.68 bits per heavy atom. The third kappa shape index (κ3) is 3.72. The molecule has 0 spiro atoms. The highest BCUT2D eigenvalue weighted by atomic mass is 79.9. The molecule has 1 fully saturated rings. The van der Waals surface area contributed by atoms with Crippen molar-refractivity contribution >= 4 is 27.9 Å². The summed E-state index contributed by atoms with van der Waals surface area (Å²) in [5.74, 6) is -0.430. The molecule has 1 aromatic carbocycles. The average molecular weight is 409 g/mol. The number of methoxy groups -OCH3 is 1. The van der Waals surface area contributed by atoms with Crippen molar-refractivity contribution in [1.82, 2.24) is 10.2 Å². The summed E-state index contributed by atoms with van der Waals surface area (Å²) in [4.78, 5) is 27.0. The standard InChI is InChI=1S/C18H21BrN2O4/c1-11-15(17(22)25-10-9-24-2)16(13-5-3-4-6-14(13)19)20-18(23)21(11)12-7-8-12/h3-6,12,16H,7-10H2,1-2H3,(H,20,23)/t16-/m1/s1. The lowest BCUT2D eigenvalue weighted by Crippen LogP contribution is -2.49. The molecule has 1 aromatic rings. The fraction of sp³-hybridized carbons (Fsp3) is 0.444. The van der Waals surface area contributed by atoms with Crippen molar-refractivity contribution in [2.75, 3.05) is 20.3 Å². The van der Waals surface area contributed by atoms with Crippen LogP contribution in [0.1, 0.15) is 31.4 Å². The van der Waals surface area contributed by atoms with E-state index in [9.17, 15) is 9.59 Å². The normalized spacial score (nSPS) is 20.5. The van der Waals surface area contributed by atoms with Gasteiger partial charge in [0.25, 0.3) is 0 Å². The van der Waals surface area contributed by atoms with Crippen molar-refractivity contribution in [3.8, 4) is 0 Å². The Bertz CT molecular complexity index is 715. The number of hydrogen-bond donors (Lipinski definition) is 1. The van der Waals surface area contributed by atoms with Gasteiger partial charge in [-0.15, -0.1) is 0 Å². The number of allylic oxidation sites excluding steroid dienone is 1. The van der Waals surface area contributed by atoms with Gasteiger partial charge in [-0.05, 0) is 31.4 Å². The lowest BCUT2D eigenvalue weighted by molar-refractivity contribution is -0.140. The molecular weight excluding hydrogens is 388 g/mol. The van der Waals surface area contributed by atoms with Crippen LogP contribution in [0, 0.1) is 0 Å². The fourth-order valence-corrected chi connectivity index (χ4v) is 3.55. The molecule has 0 unspecified atom stereocenters. The molecule has 0 saturated heterocycles. The summed E-state index contributed by atoms with van der Waals surface area (Å²) in [5, 5.41) is 2.96. The van der Waals surface area contributed by atoms with Crippen molar-refractivity contribution in [1.29, 1.82) is 0 Å². The summed E-state index contributed by atoms with van der Waals surface area (Å²) in [7, 11) is 1.55. The molecule has 2 amide bonds. The Hall–Kier alpha value is -1.86. The highest BCUT2D eigenvalue weighted by Crippen LogP contribution is 2.39. The maximum absolute atomic E-state index is 12.7. The molecule has 1 aliphatic carbocycles. The first kappa shape index (κ1) is 17.9. The van der Waals surface area contributed by atoms with Crippen molar-refractivity contribution in [3.63, 3.8) is 0 Å². The van der Waals surface area contributed by atoms with Gasteiger partial charge < -0.3 is 14.8 Å². The van der Waals surface area contributed by atoms with E-state index < -0.39 is 12.0 Å². The largest absolute Gasteiger partial charge is 0.460 e. The van der Waals surface area contributed by atoms with Crippen LogP contribution in [0.5, 0.6) is 0 Å². The minimum absolute atomic E-state index is 0.168. The molecular formula is C18H21BrN2O4. The Morgan fingerprint density at radius 2 is 2.04 bits per heavy atom. The molecule has 1 saturated carbocycles. The van der Waals surface area contributed by atoms with E-state index in [1.165, 1.54) is 0 Å². The predicted molar refractivity (Wildman–Crippen MR) is 95.8 cm³/mol. The molecule has 0 radical (unpaired) electrons. The summed E-state index contributed by atoms with van der Waals surface area (Å²) in [6, 6.07) is 6.99. The zero-order valence-electron chi connectivity index (χ0n) is 14.3. The third-order valence-corrected chi connectivity index (χ3v) is 5.12. The zero-order valence-corrected chi connectivity index (χ0v) is 15.8. The number of hydrogen-bond acceptors (Lipinski definition) is 4. The molecule has 1 N–H and O–H groups in total. The molecule has 3 rings (SSSR count). The van der Waals surface area contributed by atoms with Crippen molar-refractivity contribution in [2.24, 2.45) is 0 Å². The minimum Gasteiger partial charge on any atom is -0.460 e. The van der Waals surface area contributed by atoms with Crippen LogP contribution in [0.4, 0.5) is 4.79 Å². The molecule has 1 atom stereocenters. The molecule has 0 bridgehead atoms. The number of carbonyl (C=O) groups is 2. The molecule has 2 aliphatic rings. The molecule has 134 valence electrons. The average Bonchev–Trinajstić information content (AvgIpc) is 3.39. The van der Waals surface area contributed by atoms with Crippen LogP contribution < -0.4 is 5.32 Å². The van der Waals surface area contributed by atoms with Crippen molar-refractivity contribution < 1.29 is 19.1 Å². The molecule has 1 aliphatic heterocycles. The zero-order chi connectivity index (χ0) is 18.0. The van der Waals surface area contributed by atoms with Gasteiger partial charge in [-0.2, -0.15) is 0 Å². The van der Waals surface area contributed by atoms with Gasteiger partial charge in [0, 0.05) is 23.3 Å². The van der Waals surface area contributed by atoms with Crippen molar-refractivity contribution in [2.45, 2.75) is 31.8 Å². The van der Waals surface area contributed by atoms with Crippen LogP contribution in [0.15, 0.2) is 40.0 Å². The van der Waals surface area contributed by atoms with E-state index in [-0.39, 0.29) is 18.7 Å². The van der Waals surface area contributed by atoms with Gasteiger partial charge in [0.2, 0.25) is 0 Å². The van der Waals surface area contributed by atoms with Gasteiger partial charge in [-0.3, -0.25) is 4.90 Å². The Labute approximate surface area is 155 Å². The van der Waals surface area contributed by atoms with Crippen LogP contribution in [-0.4, -0.2) is 43.3 Å². The van der Waals surface area contributed by atoms with Gasteiger partial charge in [-0.1, -0.05) is 34.1 Å². The first-order valence-electron chi connectivity index (χ1n) is 8.25. The summed E-state index contributed by atoms with van der Waals surface area (Å²) < 4.78 is 11.1. The lowest BCUT2D eigenvalue weighted by Gasteiger charge is -2.35. The fourth-order valence-electron chi connectivity index (χ4n) is 3.03. The SMILES string of the molecule is COCCOC(=O)C1=C(C)N(C2CC2)C(=O)N[C@@H]1c1ccccc1Br. The van der Waals surface area contributed by atoms with E-state index in [1.54, 1.807) is 12.0 Å². The number of amides is 2. The third-order valence-electron chi connectivity index (χ3n) is 4.40. The number of halogens is 1. The van der Waals surface area contributed by atoms with E-state index >= 15 is 0 Å². The maximum atomic E-state index is 12.7. The predicted octanol–water partition coefficient (Wildman–Crippen LogP) is 3.14. The summed E-state index contributed by atoms with van der Waals surface area (Å²) in [6.45, 7) is 2.32. The number of carbonyl (C=O) groups excluding carboxylic acids is 2. The monoisotopic (exact) mass is 408 g/mol. The van der Waals surface area contributed by atoms with Gasteiger partial charge in [0.05, 0.1) is 18.2 Å². The van der Waals surface area contributed by atoms with Crippen LogP contribution in [0.3, 0.4) is 0 Å². The van der Waals surface area contributed by atoms with E-state index in [2.05, 4.69) is 21.2 Å². The Kier molecular flexibility index (Phi) is 5.44. The van der Waals surface area contributed by atoms with Crippen LogP contribution in [0.25, 0.3) is 0 Å². The second kappa shape index (κ2) is 7.58. The molecule has 7 heteroatoms. The van der Waals surface area contributed by atoms with E-state index in [0.717, 1.165) is 22.9 Å². The smallest absolute Gasteiger partial charge is 0.338 e. The Balaban J connectivity index is 1.99. The maximum Gasteiger partial charge on any atom is 0.338 e. The second-order valence-corrected chi connectivity index (χ2v) is 6.99. The number of nitrogens with one attached hydrogen (secondary N) is 1. The van der Waals surface area contributed by atoms with Gasteiger partial charge in [0.1, 0.15) is 6.61 Å². The number of benzene rings is 1. The highest BCUT2D eigenvalue weighted by Gasteiger charge is 2.42. The number of esters is 1. The molecule has 1 heterocycles. The highest BCUT2D eigenvalue weighted by molar-refractivity contribution is 9.10. The summed E-state index contributed by atoms with van der Waals surface area (Å²) in [6.07, 6.45) is 1.91. The molecule has 0 aromatic heterocycles. The van der Waals surface area contributed by atoms with Gasteiger partial charge in [-0.25, -0.2) is 9.59 Å². The van der Waals surface area contributed by atoms with E-state index in [0.29, 0.717) is 17.9 Å². The lowest BCUT2D eigenvalue weighted by atomic mass is 9.95. The van der Waals surface area contributed by atoms with Crippen LogP contribution in [0.2, 0.25) is 0 Å².